The van der Waals surface area contributed by atoms with Gasteiger partial charge in [-0.1, -0.05) is 117 Å². The molecule has 1 aliphatic carbocycles. The third-order valence-corrected chi connectivity index (χ3v) is 6.65. The minimum absolute atomic E-state index is 0. The molecule has 1 rings (SSSR count). The van der Waals surface area contributed by atoms with E-state index < -0.39 is 0 Å². The summed E-state index contributed by atoms with van der Waals surface area (Å²) >= 11 is 0. The number of unbranched alkanes of at least 4 members (excludes halogenated alkanes) is 1. The van der Waals surface area contributed by atoms with Crippen molar-refractivity contribution in [2.45, 2.75) is 120 Å². The molecule has 0 spiro atoms. The van der Waals surface area contributed by atoms with E-state index in [4.69, 9.17) is 0 Å². The second-order valence-electron chi connectivity index (χ2n) is 10.3. The Labute approximate surface area is 227 Å². The van der Waals surface area contributed by atoms with Gasteiger partial charge in [0.2, 0.25) is 0 Å². The first-order valence-corrected chi connectivity index (χ1v) is 14.6. The highest BCUT2D eigenvalue weighted by Crippen LogP contribution is 2.33. The Balaban J connectivity index is 0. The minimum atomic E-state index is 0. The average molecular weight is 493 g/mol. The van der Waals surface area contributed by atoms with E-state index in [9.17, 15) is 0 Å². The van der Waals surface area contributed by atoms with Crippen LogP contribution < -0.4 is 0 Å². The van der Waals surface area contributed by atoms with Gasteiger partial charge in [0.05, 0.1) is 0 Å². The van der Waals surface area contributed by atoms with Crippen molar-refractivity contribution in [1.82, 2.24) is 0 Å². The third kappa shape index (κ3) is 15.1. The van der Waals surface area contributed by atoms with Crippen LogP contribution in [0.2, 0.25) is 0 Å². The Kier molecular flexibility index (Phi) is 19.8. The largest absolute Gasteiger partial charge is 0.103 e. The molecule has 0 amide bonds. The van der Waals surface area contributed by atoms with Gasteiger partial charge in [-0.25, -0.2) is 0 Å². The lowest BCUT2D eigenvalue weighted by molar-refractivity contribution is 0.549. The lowest BCUT2D eigenvalue weighted by Crippen LogP contribution is -2.11. The van der Waals surface area contributed by atoms with Crippen molar-refractivity contribution < 1.29 is 1.43 Å². The van der Waals surface area contributed by atoms with Gasteiger partial charge in [0, 0.05) is 7.34 Å². The summed E-state index contributed by atoms with van der Waals surface area (Å²) in [5.41, 5.74) is 8.81. The summed E-state index contributed by atoms with van der Waals surface area (Å²) in [7, 11) is 0. The quantitative estimate of drug-likeness (QED) is 0.157. The van der Waals surface area contributed by atoms with Gasteiger partial charge < -0.3 is 0 Å². The molecule has 0 aliphatic heterocycles. The zero-order valence-corrected chi connectivity index (χ0v) is 25.4. The van der Waals surface area contributed by atoms with E-state index in [0.717, 1.165) is 38.5 Å². The van der Waals surface area contributed by atoms with Crippen LogP contribution in [0.3, 0.4) is 0 Å². The molecule has 1 aliphatic rings. The van der Waals surface area contributed by atoms with E-state index in [2.05, 4.69) is 110 Å². The molecule has 0 saturated heterocycles. The van der Waals surface area contributed by atoms with Gasteiger partial charge in [-0.2, -0.15) is 0 Å². The molecule has 0 heterocycles. The molecule has 0 heteroatoms. The molecule has 0 N–H and O–H groups in total. The Bertz CT molecular complexity index is 834. The van der Waals surface area contributed by atoms with Crippen LogP contribution >= 0.6 is 0 Å². The molecule has 0 aromatic carbocycles. The first-order chi connectivity index (χ1) is 17.3. The van der Waals surface area contributed by atoms with E-state index in [1.807, 2.05) is 13.8 Å². The number of allylic oxidation sites excluding steroid dienone is 15. The standard InChI is InChI=1S/C34H52.C2H6.H2/c1-9-12-16-28(6)17-14-18-29(7)22-23-33(34(11-3)30(8)19-13-10-2)26-32-21-15-20-31(25-32)24-27(4)5;1-2;/h10-11,16,18,21-25,30,33H,2,9,12-15,17,19-20,26H2,1,3-8H3;1-2H3;1H/b23-22+,28-16+,29-18?,34-11-;;. The first-order valence-electron chi connectivity index (χ1n) is 14.6. The topological polar surface area (TPSA) is 0 Å². The van der Waals surface area contributed by atoms with Gasteiger partial charge in [-0.05, 0) is 97.5 Å². The van der Waals surface area contributed by atoms with Crippen molar-refractivity contribution in [3.63, 3.8) is 0 Å². The molecule has 0 nitrogen and oxygen atoms in total. The molecule has 204 valence electrons. The van der Waals surface area contributed by atoms with Crippen molar-refractivity contribution in [2.75, 3.05) is 0 Å². The van der Waals surface area contributed by atoms with Gasteiger partial charge in [-0.15, -0.1) is 6.58 Å². The Morgan fingerprint density at radius 3 is 2.42 bits per heavy atom. The number of hydrogen-bond donors (Lipinski definition) is 0. The molecule has 0 bridgehead atoms. The lowest BCUT2D eigenvalue weighted by atomic mass is 9.80. The molecule has 0 saturated carbocycles. The molecule has 2 atom stereocenters. The monoisotopic (exact) mass is 492 g/mol. The summed E-state index contributed by atoms with van der Waals surface area (Å²) in [4.78, 5) is 0. The summed E-state index contributed by atoms with van der Waals surface area (Å²) < 4.78 is 0. The van der Waals surface area contributed by atoms with Crippen LogP contribution in [0.15, 0.2) is 94.7 Å². The molecule has 0 radical (unpaired) electrons. The van der Waals surface area contributed by atoms with Crippen LogP contribution in [0, 0.1) is 11.8 Å². The maximum atomic E-state index is 3.94. The van der Waals surface area contributed by atoms with Crippen LogP contribution in [0.4, 0.5) is 0 Å². The molecule has 0 aromatic heterocycles. The lowest BCUT2D eigenvalue weighted by Gasteiger charge is -2.25. The van der Waals surface area contributed by atoms with Gasteiger partial charge in [0.25, 0.3) is 0 Å². The van der Waals surface area contributed by atoms with Crippen molar-refractivity contribution in [1.29, 1.82) is 0 Å². The van der Waals surface area contributed by atoms with Crippen molar-refractivity contribution in [2.24, 2.45) is 11.8 Å². The minimum Gasteiger partial charge on any atom is -0.103 e. The smallest absolute Gasteiger partial charge is 0.00228 e. The maximum Gasteiger partial charge on any atom is 0.00228 e. The number of hydrogen-bond acceptors (Lipinski definition) is 0. The Morgan fingerprint density at radius 2 is 1.81 bits per heavy atom. The zero-order chi connectivity index (χ0) is 27.3. The van der Waals surface area contributed by atoms with Crippen LogP contribution in [-0.4, -0.2) is 0 Å². The van der Waals surface area contributed by atoms with Crippen LogP contribution in [0.25, 0.3) is 0 Å². The normalized spacial score (nSPS) is 16.5. The summed E-state index contributed by atoms with van der Waals surface area (Å²) in [5.74, 6) is 1.01. The molecule has 0 fully saturated rings. The fraction of sp³-hybridized carbons (Fsp3) is 0.556. The zero-order valence-electron chi connectivity index (χ0n) is 25.4. The van der Waals surface area contributed by atoms with E-state index in [1.54, 1.807) is 5.57 Å². The Morgan fingerprint density at radius 1 is 1.08 bits per heavy atom. The van der Waals surface area contributed by atoms with Crippen LogP contribution in [0.5, 0.6) is 0 Å². The van der Waals surface area contributed by atoms with Crippen LogP contribution in [-0.2, 0) is 0 Å². The Hall–Kier alpha value is -2.08. The summed E-state index contributed by atoms with van der Waals surface area (Å²) in [6, 6.07) is 0. The molecule has 0 aromatic rings. The highest BCUT2D eigenvalue weighted by Gasteiger charge is 2.18. The first kappa shape index (κ1) is 33.9. The molecular formula is C36H60. The highest BCUT2D eigenvalue weighted by molar-refractivity contribution is 5.37. The van der Waals surface area contributed by atoms with Crippen LogP contribution in [0.1, 0.15) is 122 Å². The number of rotatable bonds is 15. The van der Waals surface area contributed by atoms with E-state index in [0.29, 0.717) is 11.8 Å². The SMILES string of the molecule is C=CCCC(C)/C(=C/C)C(/C=C/C(C)=CCC/C(C)=C/CCC)CC1=CCCC(C=C(C)C)=C1.CC.[HH]. The summed E-state index contributed by atoms with van der Waals surface area (Å²) in [6.45, 7) is 23.7. The fourth-order valence-electron chi connectivity index (χ4n) is 4.73. The van der Waals surface area contributed by atoms with Gasteiger partial charge in [0.1, 0.15) is 0 Å². The summed E-state index contributed by atoms with van der Waals surface area (Å²) in [6.07, 6.45) is 31.7. The third-order valence-electron chi connectivity index (χ3n) is 6.65. The predicted molar refractivity (Wildman–Crippen MR) is 170 cm³/mol. The summed E-state index contributed by atoms with van der Waals surface area (Å²) in [5, 5.41) is 0. The molecule has 36 heavy (non-hydrogen) atoms. The van der Waals surface area contributed by atoms with Gasteiger partial charge in [0.15, 0.2) is 0 Å². The van der Waals surface area contributed by atoms with Crippen molar-refractivity contribution >= 4 is 0 Å². The van der Waals surface area contributed by atoms with Gasteiger partial charge in [-0.3, -0.25) is 0 Å². The van der Waals surface area contributed by atoms with Crippen molar-refractivity contribution in [3.8, 4) is 0 Å². The second kappa shape index (κ2) is 21.0. The highest BCUT2D eigenvalue weighted by atomic mass is 14.2. The van der Waals surface area contributed by atoms with Gasteiger partial charge >= 0.3 is 0 Å². The van der Waals surface area contributed by atoms with E-state index in [-0.39, 0.29) is 1.43 Å². The van der Waals surface area contributed by atoms with Crippen molar-refractivity contribution in [3.05, 3.63) is 94.7 Å². The maximum absolute atomic E-state index is 3.94. The molecular weight excluding hydrogens is 432 g/mol. The molecule has 2 unspecified atom stereocenters. The van der Waals surface area contributed by atoms with E-state index >= 15 is 0 Å². The average Bonchev–Trinajstić information content (AvgIpc) is 2.86. The fourth-order valence-corrected chi connectivity index (χ4v) is 4.73. The predicted octanol–water partition coefficient (Wildman–Crippen LogP) is 12.5. The van der Waals surface area contributed by atoms with E-state index in [1.165, 1.54) is 47.1 Å². The second-order valence-corrected chi connectivity index (χ2v) is 10.3.